The predicted octanol–water partition coefficient (Wildman–Crippen LogP) is 4.40. The van der Waals surface area contributed by atoms with E-state index in [0.29, 0.717) is 23.7 Å². The van der Waals surface area contributed by atoms with Gasteiger partial charge in [0.05, 0.1) is 22.8 Å². The lowest BCUT2D eigenvalue weighted by Gasteiger charge is -2.45. The fraction of sp³-hybridized carbons (Fsp3) is 0.692. The van der Waals surface area contributed by atoms with Crippen molar-refractivity contribution >= 4 is 24.6 Å². The lowest BCUT2D eigenvalue weighted by Crippen LogP contribution is -2.42. The number of rotatable bonds is 3. The molecule has 2 saturated heterocycles. The summed E-state index contributed by atoms with van der Waals surface area (Å²) in [5.41, 5.74) is 1.15. The third-order valence-electron chi connectivity index (χ3n) is 8.90. The Morgan fingerprint density at radius 2 is 1.81 bits per heavy atom. The van der Waals surface area contributed by atoms with Crippen LogP contribution < -0.4 is 5.46 Å². The molecule has 6 atom stereocenters. The molecule has 0 aromatic carbocycles. The first-order valence-electron chi connectivity index (χ1n) is 12.4. The summed E-state index contributed by atoms with van der Waals surface area (Å²) in [4.78, 5) is 17.2. The highest BCUT2D eigenvalue weighted by Crippen LogP contribution is 2.53. The van der Waals surface area contributed by atoms with Crippen molar-refractivity contribution in [2.75, 3.05) is 0 Å². The van der Waals surface area contributed by atoms with Crippen molar-refractivity contribution in [3.05, 3.63) is 30.1 Å². The molecule has 0 bridgehead atoms. The monoisotopic (exact) mass is 437 g/mol. The Labute approximate surface area is 192 Å². The molecule has 0 spiro atoms. The van der Waals surface area contributed by atoms with Crippen LogP contribution in [0.3, 0.4) is 0 Å². The highest BCUT2D eigenvalue weighted by molar-refractivity contribution is 6.62. The van der Waals surface area contributed by atoms with Crippen molar-refractivity contribution in [1.29, 1.82) is 0 Å². The average Bonchev–Trinajstić information content (AvgIpc) is 3.16. The van der Waals surface area contributed by atoms with E-state index in [1.807, 2.05) is 18.3 Å². The van der Waals surface area contributed by atoms with E-state index in [4.69, 9.17) is 14.0 Å². The smallest absolute Gasteiger partial charge is 0.462 e. The van der Waals surface area contributed by atoms with Crippen LogP contribution in [0.1, 0.15) is 72.4 Å². The number of allylic oxidation sites excluding steroid dienone is 1. The Kier molecular flexibility index (Phi) is 5.53. The van der Waals surface area contributed by atoms with Gasteiger partial charge in [-0.05, 0) is 77.4 Å². The molecule has 32 heavy (non-hydrogen) atoms. The number of carbonyl (C=O) groups is 1. The lowest BCUT2D eigenvalue weighted by molar-refractivity contribution is -0.144. The van der Waals surface area contributed by atoms with Crippen LogP contribution in [0.2, 0.25) is 0 Å². The minimum absolute atomic E-state index is 0.00346. The zero-order valence-electron chi connectivity index (χ0n) is 20.0. The van der Waals surface area contributed by atoms with Gasteiger partial charge in [0.1, 0.15) is 6.10 Å². The maximum atomic E-state index is 12.5. The summed E-state index contributed by atoms with van der Waals surface area (Å²) in [6.07, 6.45) is 12.5. The van der Waals surface area contributed by atoms with Gasteiger partial charge in [0.15, 0.2) is 0 Å². The van der Waals surface area contributed by atoms with Crippen LogP contribution in [0, 0.1) is 29.6 Å². The van der Waals surface area contributed by atoms with Gasteiger partial charge in [-0.15, -0.1) is 0 Å². The molecule has 5 nitrogen and oxygen atoms in total. The van der Waals surface area contributed by atoms with Crippen LogP contribution in [-0.4, -0.2) is 35.4 Å². The normalized spacial score (nSPS) is 37.9. The average molecular weight is 437 g/mol. The Morgan fingerprint density at radius 3 is 2.50 bits per heavy atom. The van der Waals surface area contributed by atoms with Crippen LogP contribution in [0.4, 0.5) is 0 Å². The number of fused-ring (bicyclic) bond motifs is 2. The summed E-state index contributed by atoms with van der Waals surface area (Å²) in [7, 11) is -0.393. The molecule has 6 heteroatoms. The quantitative estimate of drug-likeness (QED) is 0.518. The summed E-state index contributed by atoms with van der Waals surface area (Å²) in [6, 6.07) is 4.09. The van der Waals surface area contributed by atoms with Crippen molar-refractivity contribution in [1.82, 2.24) is 4.98 Å². The standard InChI is InChI=1S/C26H36BNO4/c1-16-23-21(20-9-7-6-8-17(20)14-22(23)24(29)30-16)13-12-19-11-10-18(15-28-19)27-31-25(2,3)26(4,5)32-27/h10-13,15-17,20-23H,6-9,14H2,1-5H3/t16-,17+,20-,21+,22-,23+/m1/s1. The number of esters is 1. The van der Waals surface area contributed by atoms with Gasteiger partial charge in [0, 0.05) is 17.6 Å². The second kappa shape index (κ2) is 7.98. The molecule has 0 N–H and O–H groups in total. The number of ether oxygens (including phenoxy) is 1. The third kappa shape index (κ3) is 3.73. The Balaban J connectivity index is 1.34. The van der Waals surface area contributed by atoms with Crippen LogP contribution in [0.15, 0.2) is 24.4 Å². The summed E-state index contributed by atoms with van der Waals surface area (Å²) < 4.78 is 18.0. The second-order valence-electron chi connectivity index (χ2n) is 11.3. The zero-order valence-corrected chi connectivity index (χ0v) is 20.0. The van der Waals surface area contributed by atoms with E-state index in [-0.39, 0.29) is 29.2 Å². The molecule has 1 aromatic rings. The molecule has 2 aliphatic carbocycles. The van der Waals surface area contributed by atoms with Crippen molar-refractivity contribution in [3.63, 3.8) is 0 Å². The molecule has 4 aliphatic rings. The molecule has 4 fully saturated rings. The molecule has 0 amide bonds. The zero-order chi connectivity index (χ0) is 22.7. The maximum Gasteiger partial charge on any atom is 0.496 e. The third-order valence-corrected chi connectivity index (χ3v) is 8.90. The molecular formula is C26H36BNO4. The minimum atomic E-state index is -0.393. The minimum Gasteiger partial charge on any atom is -0.462 e. The van der Waals surface area contributed by atoms with E-state index in [9.17, 15) is 4.79 Å². The predicted molar refractivity (Wildman–Crippen MR) is 125 cm³/mol. The molecule has 2 saturated carbocycles. The Morgan fingerprint density at radius 1 is 1.09 bits per heavy atom. The van der Waals surface area contributed by atoms with Gasteiger partial charge >= 0.3 is 13.1 Å². The summed E-state index contributed by atoms with van der Waals surface area (Å²) >= 11 is 0. The number of aromatic nitrogens is 1. The van der Waals surface area contributed by atoms with Gasteiger partial charge in [-0.3, -0.25) is 9.78 Å². The number of carbonyl (C=O) groups excluding carboxylic acids is 1. The number of nitrogens with zero attached hydrogens (tertiary/aromatic N) is 1. The van der Waals surface area contributed by atoms with Gasteiger partial charge < -0.3 is 14.0 Å². The summed E-state index contributed by atoms with van der Waals surface area (Å²) in [6.45, 7) is 10.3. The van der Waals surface area contributed by atoms with E-state index in [1.54, 1.807) is 0 Å². The highest BCUT2D eigenvalue weighted by atomic mass is 16.7. The first-order valence-corrected chi connectivity index (χ1v) is 12.4. The van der Waals surface area contributed by atoms with Crippen LogP contribution in [0.5, 0.6) is 0 Å². The molecular weight excluding hydrogens is 401 g/mol. The van der Waals surface area contributed by atoms with Gasteiger partial charge in [-0.25, -0.2) is 0 Å². The van der Waals surface area contributed by atoms with Gasteiger partial charge in [-0.1, -0.05) is 31.4 Å². The second-order valence-corrected chi connectivity index (χ2v) is 11.3. The van der Waals surface area contributed by atoms with Crippen LogP contribution in [0.25, 0.3) is 6.08 Å². The van der Waals surface area contributed by atoms with Crippen LogP contribution in [-0.2, 0) is 18.8 Å². The van der Waals surface area contributed by atoms with Gasteiger partial charge in [0.2, 0.25) is 0 Å². The largest absolute Gasteiger partial charge is 0.496 e. The van der Waals surface area contributed by atoms with E-state index >= 15 is 0 Å². The molecule has 172 valence electrons. The summed E-state index contributed by atoms with van der Waals surface area (Å²) in [5.74, 6) is 2.07. The SMILES string of the molecule is C[C@H]1OC(=O)[C@@H]2C[C@@H]3CCCC[C@H]3[C@H](C=Cc3ccc(B4OC(C)(C)C(C)(C)O4)cn3)[C@H]12. The van der Waals surface area contributed by atoms with E-state index in [2.05, 4.69) is 51.8 Å². The van der Waals surface area contributed by atoms with E-state index < -0.39 is 7.12 Å². The van der Waals surface area contributed by atoms with Crippen molar-refractivity contribution in [2.45, 2.75) is 84.0 Å². The first kappa shape index (κ1) is 22.2. The fourth-order valence-corrected chi connectivity index (χ4v) is 6.43. The maximum absolute atomic E-state index is 12.5. The van der Waals surface area contributed by atoms with Gasteiger partial charge in [0.25, 0.3) is 0 Å². The van der Waals surface area contributed by atoms with Crippen molar-refractivity contribution in [2.24, 2.45) is 29.6 Å². The van der Waals surface area contributed by atoms with Crippen molar-refractivity contribution < 1.29 is 18.8 Å². The number of cyclic esters (lactones) is 1. The number of hydrogen-bond donors (Lipinski definition) is 0. The molecule has 5 rings (SSSR count). The Hall–Kier alpha value is -1.66. The summed E-state index contributed by atoms with van der Waals surface area (Å²) in [5, 5.41) is 0. The molecule has 3 heterocycles. The fourth-order valence-electron chi connectivity index (χ4n) is 6.43. The Bertz CT molecular complexity index is 880. The highest BCUT2D eigenvalue weighted by Gasteiger charge is 2.54. The topological polar surface area (TPSA) is 57.7 Å². The molecule has 2 aliphatic heterocycles. The van der Waals surface area contributed by atoms with Gasteiger partial charge in [-0.2, -0.15) is 0 Å². The first-order chi connectivity index (χ1) is 15.2. The molecule has 0 radical (unpaired) electrons. The molecule has 1 aromatic heterocycles. The number of pyridine rings is 1. The van der Waals surface area contributed by atoms with Crippen molar-refractivity contribution in [3.8, 4) is 0 Å². The lowest BCUT2D eigenvalue weighted by atomic mass is 9.57. The van der Waals surface area contributed by atoms with E-state index in [0.717, 1.165) is 17.6 Å². The van der Waals surface area contributed by atoms with Crippen LogP contribution >= 0.6 is 0 Å². The number of hydrogen-bond acceptors (Lipinski definition) is 5. The van der Waals surface area contributed by atoms with E-state index in [1.165, 1.54) is 25.7 Å². The molecule has 0 unspecified atom stereocenters.